The first-order valence-corrected chi connectivity index (χ1v) is 8.04. The second-order valence-electron chi connectivity index (χ2n) is 3.67. The minimum atomic E-state index is -3.71. The number of thiazole rings is 1. The van der Waals surface area contributed by atoms with Crippen molar-refractivity contribution in [3.63, 3.8) is 0 Å². The van der Waals surface area contributed by atoms with Crippen LogP contribution >= 0.6 is 22.0 Å². The molecule has 1 heterocycles. The van der Waals surface area contributed by atoms with E-state index in [1.54, 1.807) is 19.1 Å². The van der Waals surface area contributed by atoms with Crippen LogP contribution in [0.3, 0.4) is 0 Å². The Bertz CT molecular complexity index is 662. The lowest BCUT2D eigenvalue weighted by molar-refractivity contribution is 0.609. The zero-order valence-electron chi connectivity index (χ0n) is 9.27. The highest BCUT2D eigenvalue weighted by Gasteiger charge is 2.15. The second kappa shape index (κ2) is 4.40. The van der Waals surface area contributed by atoms with E-state index in [1.165, 1.54) is 11.3 Å². The third-order valence-corrected chi connectivity index (χ3v) is 4.60. The minimum Gasteiger partial charge on any atom is -0.242 e. The van der Waals surface area contributed by atoms with Crippen molar-refractivity contribution in [1.29, 1.82) is 0 Å². The van der Waals surface area contributed by atoms with Crippen LogP contribution in [0.4, 0.5) is 0 Å². The van der Waals surface area contributed by atoms with E-state index in [4.69, 9.17) is 10.7 Å². The van der Waals surface area contributed by atoms with Gasteiger partial charge in [-0.3, -0.25) is 0 Å². The van der Waals surface area contributed by atoms with Gasteiger partial charge in [-0.25, -0.2) is 13.4 Å². The molecule has 0 aliphatic carbocycles. The Morgan fingerprint density at radius 2 is 2.00 bits per heavy atom. The van der Waals surface area contributed by atoms with Gasteiger partial charge < -0.3 is 0 Å². The van der Waals surface area contributed by atoms with Crippen molar-refractivity contribution in [2.75, 3.05) is 0 Å². The maximum absolute atomic E-state index is 11.4. The molecule has 0 aliphatic heterocycles. The Labute approximate surface area is 109 Å². The van der Waals surface area contributed by atoms with Gasteiger partial charge in [0.25, 0.3) is 9.05 Å². The van der Waals surface area contributed by atoms with Crippen LogP contribution in [-0.4, -0.2) is 13.4 Å². The number of halogens is 1. The normalized spacial score (nSPS) is 11.7. The van der Waals surface area contributed by atoms with Gasteiger partial charge in [-0.1, -0.05) is 12.1 Å². The summed E-state index contributed by atoms with van der Waals surface area (Å²) in [5.74, 6) is 0. The zero-order chi connectivity index (χ0) is 12.6. The van der Waals surface area contributed by atoms with Crippen LogP contribution in [-0.2, 0) is 9.05 Å². The van der Waals surface area contributed by atoms with E-state index < -0.39 is 9.05 Å². The Kier molecular flexibility index (Phi) is 3.25. The average Bonchev–Trinajstić information content (AvgIpc) is 2.64. The molecule has 0 atom stereocenters. The number of nitrogens with zero attached hydrogens (tertiary/aromatic N) is 1. The van der Waals surface area contributed by atoms with Gasteiger partial charge in [0.05, 0.1) is 15.6 Å². The molecule has 0 bridgehead atoms. The molecule has 0 N–H and O–H groups in total. The average molecular weight is 288 g/mol. The van der Waals surface area contributed by atoms with Gasteiger partial charge in [0.15, 0.2) is 0 Å². The maximum atomic E-state index is 11.4. The molecule has 0 amide bonds. The Balaban J connectivity index is 2.59. The first kappa shape index (κ1) is 12.5. The number of hydrogen-bond donors (Lipinski definition) is 0. The van der Waals surface area contributed by atoms with Crippen molar-refractivity contribution in [2.24, 2.45) is 0 Å². The van der Waals surface area contributed by atoms with E-state index in [1.807, 2.05) is 18.4 Å². The Morgan fingerprint density at radius 1 is 1.29 bits per heavy atom. The summed E-state index contributed by atoms with van der Waals surface area (Å²) in [6.07, 6.45) is 0. The van der Waals surface area contributed by atoms with E-state index in [2.05, 4.69) is 4.98 Å². The van der Waals surface area contributed by atoms with Gasteiger partial charge in [-0.05, 0) is 25.5 Å². The van der Waals surface area contributed by atoms with Crippen LogP contribution in [0, 0.1) is 13.8 Å². The predicted molar refractivity (Wildman–Crippen MR) is 70.1 cm³/mol. The van der Waals surface area contributed by atoms with Crippen LogP contribution in [0.25, 0.3) is 11.3 Å². The summed E-state index contributed by atoms with van der Waals surface area (Å²) in [6.45, 7) is 3.62. The summed E-state index contributed by atoms with van der Waals surface area (Å²) in [7, 11) is 1.67. The largest absolute Gasteiger partial charge is 0.261 e. The fourth-order valence-electron chi connectivity index (χ4n) is 1.52. The predicted octanol–water partition coefficient (Wildman–Crippen LogP) is 3.35. The summed E-state index contributed by atoms with van der Waals surface area (Å²) >= 11 is 1.52. The van der Waals surface area contributed by atoms with Crippen LogP contribution in [0.15, 0.2) is 28.5 Å². The van der Waals surface area contributed by atoms with Gasteiger partial charge in [-0.15, -0.1) is 11.3 Å². The van der Waals surface area contributed by atoms with Crippen LogP contribution in [0.5, 0.6) is 0 Å². The molecule has 0 saturated heterocycles. The fourth-order valence-corrected chi connectivity index (χ4v) is 3.36. The number of aryl methyl sites for hydroxylation is 2. The highest BCUT2D eigenvalue weighted by atomic mass is 35.7. The number of aromatic nitrogens is 1. The molecule has 0 saturated carbocycles. The molecule has 17 heavy (non-hydrogen) atoms. The topological polar surface area (TPSA) is 47.0 Å². The van der Waals surface area contributed by atoms with E-state index in [0.717, 1.165) is 16.3 Å². The molecular formula is C11H10ClNO2S2. The molecule has 0 spiro atoms. The molecule has 2 rings (SSSR count). The number of rotatable bonds is 2. The van der Waals surface area contributed by atoms with Crippen molar-refractivity contribution in [3.8, 4) is 11.3 Å². The molecule has 3 nitrogen and oxygen atoms in total. The highest BCUT2D eigenvalue weighted by molar-refractivity contribution is 8.13. The molecule has 1 aromatic carbocycles. The van der Waals surface area contributed by atoms with Gasteiger partial charge >= 0.3 is 0 Å². The summed E-state index contributed by atoms with van der Waals surface area (Å²) < 4.78 is 22.8. The Hall–Kier alpha value is -0.910. The third kappa shape index (κ3) is 2.68. The summed E-state index contributed by atoms with van der Waals surface area (Å²) in [5.41, 5.74) is 2.17. The van der Waals surface area contributed by atoms with Crippen LogP contribution in [0.1, 0.15) is 10.6 Å². The minimum absolute atomic E-state index is 0.141. The van der Waals surface area contributed by atoms with Crippen molar-refractivity contribution in [1.82, 2.24) is 4.98 Å². The summed E-state index contributed by atoms with van der Waals surface area (Å²) in [4.78, 5) is 4.46. The molecule has 90 valence electrons. The van der Waals surface area contributed by atoms with Gasteiger partial charge in [0.1, 0.15) is 0 Å². The molecule has 0 unspecified atom stereocenters. The molecule has 1 aromatic heterocycles. The van der Waals surface area contributed by atoms with Gasteiger partial charge in [-0.2, -0.15) is 0 Å². The SMILES string of the molecule is Cc1nc(-c2ccc(C)c(S(=O)(=O)Cl)c2)cs1. The number of benzene rings is 1. The lowest BCUT2D eigenvalue weighted by Crippen LogP contribution is -1.95. The number of hydrogen-bond acceptors (Lipinski definition) is 4. The smallest absolute Gasteiger partial charge is 0.242 e. The fraction of sp³-hybridized carbons (Fsp3) is 0.182. The zero-order valence-corrected chi connectivity index (χ0v) is 11.7. The summed E-state index contributed by atoms with van der Waals surface area (Å²) in [5, 5.41) is 2.83. The van der Waals surface area contributed by atoms with Crippen molar-refractivity contribution in [3.05, 3.63) is 34.2 Å². The molecule has 2 aromatic rings. The van der Waals surface area contributed by atoms with E-state index >= 15 is 0 Å². The highest BCUT2D eigenvalue weighted by Crippen LogP contribution is 2.27. The maximum Gasteiger partial charge on any atom is 0.261 e. The van der Waals surface area contributed by atoms with Crippen LogP contribution in [0.2, 0.25) is 0 Å². The Morgan fingerprint density at radius 3 is 2.53 bits per heavy atom. The monoisotopic (exact) mass is 287 g/mol. The van der Waals surface area contributed by atoms with E-state index in [-0.39, 0.29) is 4.90 Å². The van der Waals surface area contributed by atoms with Crippen molar-refractivity contribution >= 4 is 31.1 Å². The first-order chi connectivity index (χ1) is 7.88. The lowest BCUT2D eigenvalue weighted by atomic mass is 10.1. The lowest BCUT2D eigenvalue weighted by Gasteiger charge is -2.04. The molecular weight excluding hydrogens is 278 g/mol. The van der Waals surface area contributed by atoms with E-state index in [9.17, 15) is 8.42 Å². The first-order valence-electron chi connectivity index (χ1n) is 4.86. The molecule has 0 radical (unpaired) electrons. The second-order valence-corrected chi connectivity index (χ2v) is 7.27. The molecule has 6 heteroatoms. The van der Waals surface area contributed by atoms with Gasteiger partial charge in [0.2, 0.25) is 0 Å². The molecule has 0 aliphatic rings. The standard InChI is InChI=1S/C11H10ClNO2S2/c1-7-3-4-9(5-11(7)17(12,14)15)10-6-16-8(2)13-10/h3-6H,1-2H3. The van der Waals surface area contributed by atoms with E-state index in [0.29, 0.717) is 5.56 Å². The summed E-state index contributed by atoms with van der Waals surface area (Å²) in [6, 6.07) is 5.14. The molecule has 0 fully saturated rings. The third-order valence-electron chi connectivity index (χ3n) is 2.37. The quantitative estimate of drug-likeness (QED) is 0.796. The van der Waals surface area contributed by atoms with Crippen molar-refractivity contribution < 1.29 is 8.42 Å². The van der Waals surface area contributed by atoms with Crippen molar-refractivity contribution in [2.45, 2.75) is 18.7 Å². The van der Waals surface area contributed by atoms with Crippen LogP contribution < -0.4 is 0 Å². The van der Waals surface area contributed by atoms with Gasteiger partial charge in [0, 0.05) is 21.6 Å².